The van der Waals surface area contributed by atoms with Gasteiger partial charge < -0.3 is 9.88 Å². The van der Waals surface area contributed by atoms with Crippen LogP contribution in [0.5, 0.6) is 0 Å². The van der Waals surface area contributed by atoms with Crippen molar-refractivity contribution in [3.8, 4) is 17.5 Å². The van der Waals surface area contributed by atoms with Gasteiger partial charge in [-0.05, 0) is 18.6 Å². The minimum atomic E-state index is 0.589. The number of aromatic nitrogens is 3. The molecule has 1 aliphatic rings. The second-order valence-electron chi connectivity index (χ2n) is 3.89. The first-order chi connectivity index (χ1) is 8.40. The van der Waals surface area contributed by atoms with Crippen LogP contribution in [0.15, 0.2) is 24.4 Å². The van der Waals surface area contributed by atoms with E-state index in [1.54, 1.807) is 6.20 Å². The number of nitriles is 1. The van der Waals surface area contributed by atoms with E-state index >= 15 is 0 Å². The standard InChI is InChI=1S/C12H11N5/c13-8-10-11(9-4-1-2-5-14-9)16-12-15-6-3-7-17(10)12/h1-2,4-5H,3,6-7H2,(H,15,16). The summed E-state index contributed by atoms with van der Waals surface area (Å²) in [4.78, 5) is 8.70. The van der Waals surface area contributed by atoms with Gasteiger partial charge in [-0.1, -0.05) is 6.07 Å². The molecule has 3 rings (SSSR count). The fourth-order valence-electron chi connectivity index (χ4n) is 2.04. The maximum absolute atomic E-state index is 9.26. The Morgan fingerprint density at radius 2 is 2.35 bits per heavy atom. The van der Waals surface area contributed by atoms with Crippen LogP contribution in [0, 0.1) is 11.3 Å². The van der Waals surface area contributed by atoms with Crippen LogP contribution in [-0.2, 0) is 6.54 Å². The van der Waals surface area contributed by atoms with E-state index in [2.05, 4.69) is 21.4 Å². The van der Waals surface area contributed by atoms with E-state index in [0.717, 1.165) is 31.2 Å². The van der Waals surface area contributed by atoms with E-state index in [-0.39, 0.29) is 0 Å². The molecule has 5 heteroatoms. The molecule has 0 aliphatic carbocycles. The summed E-state index contributed by atoms with van der Waals surface area (Å²) in [6.45, 7) is 1.74. The largest absolute Gasteiger partial charge is 0.356 e. The van der Waals surface area contributed by atoms with Gasteiger partial charge in [0.05, 0.1) is 5.69 Å². The van der Waals surface area contributed by atoms with Crippen molar-refractivity contribution in [1.29, 1.82) is 5.26 Å². The third-order valence-electron chi connectivity index (χ3n) is 2.82. The van der Waals surface area contributed by atoms with E-state index in [4.69, 9.17) is 0 Å². The minimum absolute atomic E-state index is 0.589. The van der Waals surface area contributed by atoms with Gasteiger partial charge in [-0.15, -0.1) is 0 Å². The second kappa shape index (κ2) is 3.91. The van der Waals surface area contributed by atoms with Gasteiger partial charge in [0.25, 0.3) is 0 Å². The molecule has 1 N–H and O–H groups in total. The summed E-state index contributed by atoms with van der Waals surface area (Å²) < 4.78 is 1.92. The fraction of sp³-hybridized carbons (Fsp3) is 0.250. The van der Waals surface area contributed by atoms with E-state index < -0.39 is 0 Å². The van der Waals surface area contributed by atoms with Gasteiger partial charge in [-0.25, -0.2) is 4.98 Å². The molecular weight excluding hydrogens is 214 g/mol. The lowest BCUT2D eigenvalue weighted by molar-refractivity contribution is 0.622. The monoisotopic (exact) mass is 225 g/mol. The Balaban J connectivity index is 2.18. The lowest BCUT2D eigenvalue weighted by atomic mass is 10.2. The molecule has 0 atom stereocenters. The molecule has 0 unspecified atom stereocenters. The number of anilines is 1. The molecule has 3 heterocycles. The van der Waals surface area contributed by atoms with Gasteiger partial charge >= 0.3 is 0 Å². The molecule has 0 aromatic carbocycles. The molecule has 5 nitrogen and oxygen atoms in total. The van der Waals surface area contributed by atoms with Crippen LogP contribution < -0.4 is 5.32 Å². The van der Waals surface area contributed by atoms with Crippen LogP contribution >= 0.6 is 0 Å². The SMILES string of the molecule is N#Cc1c(-c2ccccn2)nc2n1CCCN2. The van der Waals surface area contributed by atoms with Crippen LogP contribution in [-0.4, -0.2) is 21.1 Å². The van der Waals surface area contributed by atoms with Crippen LogP contribution in [0.1, 0.15) is 12.1 Å². The molecular formula is C12H11N5. The molecule has 0 fully saturated rings. The van der Waals surface area contributed by atoms with E-state index in [0.29, 0.717) is 11.4 Å². The maximum atomic E-state index is 9.26. The summed E-state index contributed by atoms with van der Waals surface area (Å²) in [5.41, 5.74) is 2.00. The van der Waals surface area contributed by atoms with Gasteiger partial charge in [-0.2, -0.15) is 5.26 Å². The average Bonchev–Trinajstić information content (AvgIpc) is 2.78. The predicted octanol–water partition coefficient (Wildman–Crippen LogP) is 1.63. The molecule has 17 heavy (non-hydrogen) atoms. The van der Waals surface area contributed by atoms with Crippen LogP contribution in [0.2, 0.25) is 0 Å². The molecule has 1 aliphatic heterocycles. The van der Waals surface area contributed by atoms with Crippen molar-refractivity contribution < 1.29 is 0 Å². The lowest BCUT2D eigenvalue weighted by Crippen LogP contribution is -2.18. The van der Waals surface area contributed by atoms with Crippen molar-refractivity contribution in [1.82, 2.24) is 14.5 Å². The molecule has 0 amide bonds. The normalized spacial score (nSPS) is 13.6. The predicted molar refractivity (Wildman–Crippen MR) is 63.3 cm³/mol. The highest BCUT2D eigenvalue weighted by atomic mass is 15.2. The van der Waals surface area contributed by atoms with Crippen molar-refractivity contribution in [3.05, 3.63) is 30.1 Å². The van der Waals surface area contributed by atoms with Gasteiger partial charge in [0, 0.05) is 19.3 Å². The number of nitrogens with one attached hydrogen (secondary N) is 1. The van der Waals surface area contributed by atoms with Gasteiger partial charge in [-0.3, -0.25) is 4.98 Å². The fourth-order valence-corrected chi connectivity index (χ4v) is 2.04. The minimum Gasteiger partial charge on any atom is -0.356 e. The Kier molecular flexibility index (Phi) is 2.26. The second-order valence-corrected chi connectivity index (χ2v) is 3.89. The number of nitrogens with zero attached hydrogens (tertiary/aromatic N) is 4. The maximum Gasteiger partial charge on any atom is 0.204 e. The number of fused-ring (bicyclic) bond motifs is 1. The summed E-state index contributed by atoms with van der Waals surface area (Å²) in [6.07, 6.45) is 2.72. The zero-order valence-electron chi connectivity index (χ0n) is 9.22. The highest BCUT2D eigenvalue weighted by Gasteiger charge is 2.20. The van der Waals surface area contributed by atoms with Gasteiger partial charge in [0.15, 0.2) is 5.69 Å². The third kappa shape index (κ3) is 1.54. The summed E-state index contributed by atoms with van der Waals surface area (Å²) in [5, 5.41) is 12.5. The molecule has 84 valence electrons. The quantitative estimate of drug-likeness (QED) is 0.801. The summed E-state index contributed by atoms with van der Waals surface area (Å²) >= 11 is 0. The molecule has 2 aromatic heterocycles. The molecule has 0 saturated carbocycles. The van der Waals surface area contributed by atoms with Crippen molar-refractivity contribution >= 4 is 5.95 Å². The van der Waals surface area contributed by atoms with Crippen LogP contribution in [0.25, 0.3) is 11.4 Å². The average molecular weight is 225 g/mol. The summed E-state index contributed by atoms with van der Waals surface area (Å²) in [6, 6.07) is 7.84. The number of hydrogen-bond acceptors (Lipinski definition) is 4. The summed E-state index contributed by atoms with van der Waals surface area (Å²) in [7, 11) is 0. The van der Waals surface area contributed by atoms with Crippen molar-refractivity contribution in [2.24, 2.45) is 0 Å². The van der Waals surface area contributed by atoms with Gasteiger partial charge in [0.2, 0.25) is 5.95 Å². The molecule has 0 spiro atoms. The highest BCUT2D eigenvalue weighted by Crippen LogP contribution is 2.26. The van der Waals surface area contributed by atoms with Crippen molar-refractivity contribution in [3.63, 3.8) is 0 Å². The van der Waals surface area contributed by atoms with Gasteiger partial charge in [0.1, 0.15) is 11.8 Å². The summed E-state index contributed by atoms with van der Waals surface area (Å²) in [5.74, 6) is 0.772. The van der Waals surface area contributed by atoms with Crippen molar-refractivity contribution in [2.45, 2.75) is 13.0 Å². The first kappa shape index (κ1) is 9.85. The first-order valence-electron chi connectivity index (χ1n) is 5.56. The lowest BCUT2D eigenvalue weighted by Gasteiger charge is -2.15. The molecule has 0 saturated heterocycles. The van der Waals surface area contributed by atoms with Crippen LogP contribution in [0.4, 0.5) is 5.95 Å². The number of imidazole rings is 1. The number of hydrogen-bond donors (Lipinski definition) is 1. The Bertz CT molecular complexity index is 579. The highest BCUT2D eigenvalue weighted by molar-refractivity contribution is 5.64. The Hall–Kier alpha value is -2.35. The van der Waals surface area contributed by atoms with Crippen LogP contribution in [0.3, 0.4) is 0 Å². The molecule has 0 bridgehead atoms. The van der Waals surface area contributed by atoms with Crippen molar-refractivity contribution in [2.75, 3.05) is 11.9 Å². The third-order valence-corrected chi connectivity index (χ3v) is 2.82. The Morgan fingerprint density at radius 3 is 3.12 bits per heavy atom. The van der Waals surface area contributed by atoms with E-state index in [1.165, 1.54) is 0 Å². The Morgan fingerprint density at radius 1 is 1.41 bits per heavy atom. The zero-order chi connectivity index (χ0) is 11.7. The number of pyridine rings is 1. The van der Waals surface area contributed by atoms with E-state index in [9.17, 15) is 5.26 Å². The van der Waals surface area contributed by atoms with E-state index in [1.807, 2.05) is 22.8 Å². The number of rotatable bonds is 1. The first-order valence-corrected chi connectivity index (χ1v) is 5.56. The molecule has 2 aromatic rings. The topological polar surface area (TPSA) is 66.5 Å². The molecule has 0 radical (unpaired) electrons. The Labute approximate surface area is 98.7 Å². The zero-order valence-corrected chi connectivity index (χ0v) is 9.22. The smallest absolute Gasteiger partial charge is 0.204 e.